The van der Waals surface area contributed by atoms with Gasteiger partial charge in [-0.15, -0.1) is 0 Å². The van der Waals surface area contributed by atoms with Crippen molar-refractivity contribution in [2.24, 2.45) is 7.05 Å². The number of carbonyl (C=O) groups is 2. The molecule has 3 aromatic rings. The van der Waals surface area contributed by atoms with Crippen LogP contribution in [0.4, 0.5) is 10.7 Å². The highest BCUT2D eigenvalue weighted by Gasteiger charge is 2.30. The van der Waals surface area contributed by atoms with E-state index in [1.54, 1.807) is 20.0 Å². The molecule has 38 heavy (non-hydrogen) atoms. The van der Waals surface area contributed by atoms with Crippen molar-refractivity contribution in [3.8, 4) is 0 Å². The Labute approximate surface area is 226 Å². The lowest BCUT2D eigenvalue weighted by atomic mass is 10.1. The maximum atomic E-state index is 13.6. The Bertz CT molecular complexity index is 1440. The van der Waals surface area contributed by atoms with Gasteiger partial charge in [-0.25, -0.2) is 14.6 Å². The van der Waals surface area contributed by atoms with Gasteiger partial charge in [0.15, 0.2) is 0 Å². The van der Waals surface area contributed by atoms with E-state index in [4.69, 9.17) is 26.1 Å². The van der Waals surface area contributed by atoms with Gasteiger partial charge in [0, 0.05) is 36.8 Å². The van der Waals surface area contributed by atoms with Crippen LogP contribution in [-0.2, 0) is 23.1 Å². The first-order chi connectivity index (χ1) is 17.9. The number of methoxy groups -OCH3 is 1. The number of nitrogens with zero attached hydrogens (tertiary/aromatic N) is 4. The topological polar surface area (TPSA) is 108 Å². The summed E-state index contributed by atoms with van der Waals surface area (Å²) in [4.78, 5) is 45.5. The van der Waals surface area contributed by atoms with Crippen molar-refractivity contribution < 1.29 is 19.1 Å². The number of halogens is 1. The normalized spacial score (nSPS) is 16.0. The number of ether oxygens (including phenoxy) is 2. The van der Waals surface area contributed by atoms with Crippen LogP contribution in [0.1, 0.15) is 55.2 Å². The molecule has 3 heterocycles. The van der Waals surface area contributed by atoms with E-state index >= 15 is 0 Å². The van der Waals surface area contributed by atoms with Crippen LogP contribution in [0, 0.1) is 6.92 Å². The molecule has 0 spiro atoms. The van der Waals surface area contributed by atoms with Crippen LogP contribution >= 0.6 is 11.6 Å². The molecule has 0 bridgehead atoms. The summed E-state index contributed by atoms with van der Waals surface area (Å²) in [7, 11) is 2.83. The number of aryl methyl sites for hydroxylation is 1. The Morgan fingerprint density at radius 2 is 1.95 bits per heavy atom. The molecule has 1 aliphatic heterocycles. The quantitative estimate of drug-likeness (QED) is 0.484. The zero-order valence-corrected chi connectivity index (χ0v) is 23.4. The van der Waals surface area contributed by atoms with Crippen molar-refractivity contribution >= 4 is 40.6 Å². The predicted octanol–water partition coefficient (Wildman–Crippen LogP) is 4.03. The van der Waals surface area contributed by atoms with Gasteiger partial charge >= 0.3 is 12.1 Å². The molecule has 204 valence electrons. The second-order valence-electron chi connectivity index (χ2n) is 10.5. The van der Waals surface area contributed by atoms with E-state index in [0.29, 0.717) is 47.2 Å². The van der Waals surface area contributed by atoms with Gasteiger partial charge in [0.1, 0.15) is 22.3 Å². The van der Waals surface area contributed by atoms with Crippen molar-refractivity contribution in [1.29, 1.82) is 0 Å². The van der Waals surface area contributed by atoms with Crippen LogP contribution in [-0.4, -0.2) is 58.0 Å². The number of fused-ring (bicyclic) bond motifs is 1. The molecule has 11 heteroatoms. The number of carbonyl (C=O) groups excluding carboxylic acids is 2. The Morgan fingerprint density at radius 1 is 1.24 bits per heavy atom. The Kier molecular flexibility index (Phi) is 7.73. The molecule has 1 amide bonds. The molecule has 1 atom stereocenters. The highest BCUT2D eigenvalue weighted by molar-refractivity contribution is 6.31. The van der Waals surface area contributed by atoms with E-state index in [1.807, 2.05) is 43.5 Å². The molecule has 0 saturated carbocycles. The molecular formula is C27H34ClN5O5. The van der Waals surface area contributed by atoms with Gasteiger partial charge in [-0.2, -0.15) is 0 Å². The first-order valence-corrected chi connectivity index (χ1v) is 12.9. The molecule has 4 rings (SSSR count). The maximum absolute atomic E-state index is 13.6. The highest BCUT2D eigenvalue weighted by atomic mass is 35.5. The SMILES string of the molecule is COC(=O)c1c(C)c2nc(N3CCC[C@@H](NC(=O)OC(C)(C)C)C3)n(Cc3ccccc3Cl)c2c(=O)n1C. The highest BCUT2D eigenvalue weighted by Crippen LogP contribution is 2.29. The number of esters is 1. The van der Waals surface area contributed by atoms with Crippen LogP contribution in [0.3, 0.4) is 0 Å². The Balaban J connectivity index is 1.81. The third-order valence-electron chi connectivity index (χ3n) is 6.59. The fraction of sp³-hybridized carbons (Fsp3) is 0.481. The average Bonchev–Trinajstić information content (AvgIpc) is 3.22. The van der Waals surface area contributed by atoms with Crippen LogP contribution in [0.25, 0.3) is 11.0 Å². The third-order valence-corrected chi connectivity index (χ3v) is 6.96. The van der Waals surface area contributed by atoms with E-state index in [2.05, 4.69) is 10.2 Å². The van der Waals surface area contributed by atoms with Gasteiger partial charge in [0.05, 0.1) is 13.7 Å². The number of aromatic nitrogens is 3. The number of hydrogen-bond donors (Lipinski definition) is 1. The minimum absolute atomic E-state index is 0.155. The second kappa shape index (κ2) is 10.7. The van der Waals surface area contributed by atoms with Crippen LogP contribution < -0.4 is 15.8 Å². The van der Waals surface area contributed by atoms with Gasteiger partial charge < -0.3 is 28.8 Å². The summed E-state index contributed by atoms with van der Waals surface area (Å²) >= 11 is 6.50. The third kappa shape index (κ3) is 5.50. The number of nitrogens with one attached hydrogen (secondary N) is 1. The molecule has 1 aliphatic rings. The summed E-state index contributed by atoms with van der Waals surface area (Å²) in [5, 5.41) is 3.54. The van der Waals surface area contributed by atoms with E-state index in [-0.39, 0.29) is 17.3 Å². The molecule has 0 aliphatic carbocycles. The largest absolute Gasteiger partial charge is 0.464 e. The smallest absolute Gasteiger partial charge is 0.407 e. The number of amides is 1. The van der Waals surface area contributed by atoms with Crippen molar-refractivity contribution in [2.75, 3.05) is 25.1 Å². The molecular weight excluding hydrogens is 510 g/mol. The first kappa shape index (κ1) is 27.5. The minimum Gasteiger partial charge on any atom is -0.464 e. The lowest BCUT2D eigenvalue weighted by Crippen LogP contribution is -2.49. The van der Waals surface area contributed by atoms with Crippen LogP contribution in [0.15, 0.2) is 29.1 Å². The standard InChI is InChI=1S/C27H34ClN5O5/c1-16-20-22(23(34)31(5)21(16)24(35)37-6)33(14-17-10-7-8-12-19(17)28)25(30-20)32-13-9-11-18(15-32)29-26(36)38-27(2,3)4/h7-8,10,12,18H,9,11,13-15H2,1-6H3,(H,29,36)/t18-/m1/s1. The zero-order valence-electron chi connectivity index (χ0n) is 22.6. The zero-order chi connectivity index (χ0) is 27.8. The number of alkyl carbamates (subject to hydrolysis) is 1. The van der Waals surface area contributed by atoms with Gasteiger partial charge in [0.25, 0.3) is 5.56 Å². The van der Waals surface area contributed by atoms with Gasteiger partial charge in [-0.3, -0.25) is 4.79 Å². The lowest BCUT2D eigenvalue weighted by molar-refractivity contribution is 0.0498. The summed E-state index contributed by atoms with van der Waals surface area (Å²) < 4.78 is 13.5. The maximum Gasteiger partial charge on any atom is 0.407 e. The molecule has 1 fully saturated rings. The summed E-state index contributed by atoms with van der Waals surface area (Å²) in [5.41, 5.74) is 1.36. The molecule has 0 unspecified atom stereocenters. The first-order valence-electron chi connectivity index (χ1n) is 12.6. The van der Waals surface area contributed by atoms with E-state index in [0.717, 1.165) is 18.4 Å². The summed E-state index contributed by atoms with van der Waals surface area (Å²) in [5.74, 6) is -0.0383. The lowest BCUT2D eigenvalue weighted by Gasteiger charge is -2.34. The fourth-order valence-corrected chi connectivity index (χ4v) is 5.06. The average molecular weight is 544 g/mol. The number of imidazole rings is 1. The predicted molar refractivity (Wildman–Crippen MR) is 146 cm³/mol. The Morgan fingerprint density at radius 3 is 2.61 bits per heavy atom. The van der Waals surface area contributed by atoms with Gasteiger partial charge in [-0.05, 0) is 52.2 Å². The van der Waals surface area contributed by atoms with Crippen LogP contribution in [0.2, 0.25) is 5.02 Å². The summed E-state index contributed by atoms with van der Waals surface area (Å²) in [6, 6.07) is 7.28. The van der Waals surface area contributed by atoms with Crippen molar-refractivity contribution in [3.05, 3.63) is 56.5 Å². The molecule has 0 radical (unpaired) electrons. The monoisotopic (exact) mass is 543 g/mol. The number of pyridine rings is 1. The fourth-order valence-electron chi connectivity index (χ4n) is 4.87. The molecule has 10 nitrogen and oxygen atoms in total. The van der Waals surface area contributed by atoms with E-state index in [1.165, 1.54) is 11.7 Å². The Hall–Kier alpha value is -3.53. The summed E-state index contributed by atoms with van der Waals surface area (Å²) in [6.07, 6.45) is 1.12. The van der Waals surface area contributed by atoms with Gasteiger partial charge in [-0.1, -0.05) is 29.8 Å². The summed E-state index contributed by atoms with van der Waals surface area (Å²) in [6.45, 7) is 8.69. The molecule has 2 aromatic heterocycles. The van der Waals surface area contributed by atoms with Crippen molar-refractivity contribution in [2.45, 2.75) is 58.7 Å². The molecule has 1 N–H and O–H groups in total. The minimum atomic E-state index is -0.606. The van der Waals surface area contributed by atoms with Crippen molar-refractivity contribution in [1.82, 2.24) is 19.4 Å². The number of benzene rings is 1. The molecule has 1 saturated heterocycles. The molecule has 1 aromatic carbocycles. The van der Waals surface area contributed by atoms with E-state index < -0.39 is 17.7 Å². The van der Waals surface area contributed by atoms with E-state index in [9.17, 15) is 14.4 Å². The number of rotatable bonds is 5. The van der Waals surface area contributed by atoms with Crippen molar-refractivity contribution in [3.63, 3.8) is 0 Å². The van der Waals surface area contributed by atoms with Gasteiger partial charge in [0.2, 0.25) is 5.95 Å². The van der Waals surface area contributed by atoms with Crippen LogP contribution in [0.5, 0.6) is 0 Å². The number of hydrogen-bond acceptors (Lipinski definition) is 7. The number of piperidine rings is 1. The number of anilines is 1. The second-order valence-corrected chi connectivity index (χ2v) is 11.0.